The van der Waals surface area contributed by atoms with Gasteiger partial charge in [-0.2, -0.15) is 0 Å². The highest BCUT2D eigenvalue weighted by Crippen LogP contribution is 2.15. The molecule has 1 aliphatic rings. The number of ether oxygens (including phenoxy) is 1. The number of carbonyl (C=O) groups excluding carboxylic acids is 2. The molecule has 0 bridgehead atoms. The molecule has 1 saturated heterocycles. The third-order valence-electron chi connectivity index (χ3n) is 3.75. The molecule has 25 heavy (non-hydrogen) atoms. The Bertz CT molecular complexity index is 599. The van der Waals surface area contributed by atoms with Crippen molar-refractivity contribution in [1.82, 2.24) is 15.5 Å². The second-order valence-corrected chi connectivity index (χ2v) is 7.71. The fraction of sp³-hybridized carbons (Fsp3) is 0.556. The second kappa shape index (κ2) is 8.54. The Morgan fingerprint density at radius 3 is 2.60 bits per heavy atom. The first-order valence-corrected chi connectivity index (χ1v) is 8.82. The molecule has 0 saturated carbocycles. The summed E-state index contributed by atoms with van der Waals surface area (Å²) >= 11 is 5.90. The van der Waals surface area contributed by atoms with Gasteiger partial charge in [0, 0.05) is 30.7 Å². The summed E-state index contributed by atoms with van der Waals surface area (Å²) in [6.07, 6.45) is 0.310. The molecule has 1 aromatic carbocycles. The Labute approximate surface area is 153 Å². The molecule has 1 atom stereocenters. The third-order valence-corrected chi connectivity index (χ3v) is 4.00. The molecule has 2 rings (SSSR count). The van der Waals surface area contributed by atoms with E-state index in [1.54, 1.807) is 20.8 Å². The number of nitrogens with one attached hydrogen (secondary N) is 2. The first-order valence-electron chi connectivity index (χ1n) is 8.44. The molecule has 0 spiro atoms. The van der Waals surface area contributed by atoms with Gasteiger partial charge in [-0.15, -0.1) is 0 Å². The van der Waals surface area contributed by atoms with Crippen molar-refractivity contribution in [3.8, 4) is 0 Å². The van der Waals surface area contributed by atoms with E-state index in [1.165, 1.54) is 5.56 Å². The lowest BCUT2D eigenvalue weighted by Gasteiger charge is -2.20. The van der Waals surface area contributed by atoms with Crippen molar-refractivity contribution < 1.29 is 14.3 Å². The first-order chi connectivity index (χ1) is 11.7. The van der Waals surface area contributed by atoms with Gasteiger partial charge in [-0.3, -0.25) is 9.69 Å². The highest BCUT2D eigenvalue weighted by Gasteiger charge is 2.24. The summed E-state index contributed by atoms with van der Waals surface area (Å²) in [6, 6.07) is 7.89. The molecule has 138 valence electrons. The van der Waals surface area contributed by atoms with Gasteiger partial charge in [0.1, 0.15) is 12.1 Å². The highest BCUT2D eigenvalue weighted by molar-refractivity contribution is 6.30. The van der Waals surface area contributed by atoms with E-state index in [1.807, 2.05) is 24.3 Å². The van der Waals surface area contributed by atoms with Gasteiger partial charge in [0.25, 0.3) is 0 Å². The van der Waals surface area contributed by atoms with Crippen LogP contribution in [-0.4, -0.2) is 48.2 Å². The molecule has 1 heterocycles. The smallest absolute Gasteiger partial charge is 0.408 e. The molecule has 1 fully saturated rings. The SMILES string of the molecule is CC(C)(C)OC(=O)NCC(=O)NC1CCN(Cc2ccc(Cl)cc2)C1. The summed E-state index contributed by atoms with van der Waals surface area (Å²) in [5.41, 5.74) is 0.622. The lowest BCUT2D eigenvalue weighted by Crippen LogP contribution is -2.44. The zero-order valence-corrected chi connectivity index (χ0v) is 15.7. The Kier molecular flexibility index (Phi) is 6.67. The molecule has 6 nitrogen and oxygen atoms in total. The fourth-order valence-corrected chi connectivity index (χ4v) is 2.81. The third kappa shape index (κ3) is 7.32. The van der Waals surface area contributed by atoms with E-state index in [0.29, 0.717) is 0 Å². The van der Waals surface area contributed by atoms with Crippen molar-refractivity contribution in [2.45, 2.75) is 45.4 Å². The lowest BCUT2D eigenvalue weighted by molar-refractivity contribution is -0.120. The number of likely N-dealkylation sites (tertiary alicyclic amines) is 1. The van der Waals surface area contributed by atoms with Gasteiger partial charge in [-0.05, 0) is 44.9 Å². The van der Waals surface area contributed by atoms with E-state index in [0.717, 1.165) is 31.1 Å². The van der Waals surface area contributed by atoms with Crippen LogP contribution < -0.4 is 10.6 Å². The highest BCUT2D eigenvalue weighted by atomic mass is 35.5. The summed E-state index contributed by atoms with van der Waals surface area (Å²) in [5, 5.41) is 6.15. The zero-order chi connectivity index (χ0) is 18.4. The van der Waals surface area contributed by atoms with Gasteiger partial charge in [-0.1, -0.05) is 23.7 Å². The van der Waals surface area contributed by atoms with Gasteiger partial charge in [0.15, 0.2) is 0 Å². The molecular formula is C18H26ClN3O3. The van der Waals surface area contributed by atoms with Gasteiger partial charge in [-0.25, -0.2) is 4.79 Å². The maximum atomic E-state index is 12.0. The van der Waals surface area contributed by atoms with E-state index in [9.17, 15) is 9.59 Å². The summed E-state index contributed by atoms with van der Waals surface area (Å²) in [4.78, 5) is 25.8. The van der Waals surface area contributed by atoms with Crippen LogP contribution in [0.4, 0.5) is 4.79 Å². The number of rotatable bonds is 5. The van der Waals surface area contributed by atoms with E-state index < -0.39 is 11.7 Å². The maximum absolute atomic E-state index is 12.0. The number of hydrogen-bond donors (Lipinski definition) is 2. The summed E-state index contributed by atoms with van der Waals surface area (Å²) in [7, 11) is 0. The molecule has 0 radical (unpaired) electrons. The van der Waals surface area contributed by atoms with Gasteiger partial charge < -0.3 is 15.4 Å². The molecule has 1 unspecified atom stereocenters. The average molecular weight is 368 g/mol. The van der Waals surface area contributed by atoms with Gasteiger partial charge in [0.05, 0.1) is 0 Å². The minimum absolute atomic E-state index is 0.0808. The quantitative estimate of drug-likeness (QED) is 0.839. The van der Waals surface area contributed by atoms with Crippen LogP contribution in [0.3, 0.4) is 0 Å². The predicted molar refractivity (Wildman–Crippen MR) is 97.5 cm³/mol. The van der Waals surface area contributed by atoms with E-state index >= 15 is 0 Å². The zero-order valence-electron chi connectivity index (χ0n) is 15.0. The van der Waals surface area contributed by atoms with Crippen LogP contribution in [0.2, 0.25) is 5.02 Å². The Hall–Kier alpha value is -1.79. The minimum Gasteiger partial charge on any atom is -0.444 e. The van der Waals surface area contributed by atoms with Gasteiger partial charge >= 0.3 is 6.09 Å². The summed E-state index contributed by atoms with van der Waals surface area (Å²) in [6.45, 7) is 7.80. The first kappa shape index (κ1) is 19.5. The fourth-order valence-electron chi connectivity index (χ4n) is 2.69. The Morgan fingerprint density at radius 1 is 1.28 bits per heavy atom. The Balaban J connectivity index is 1.69. The normalized spacial score (nSPS) is 18.0. The van der Waals surface area contributed by atoms with Crippen molar-refractivity contribution in [2.24, 2.45) is 0 Å². The average Bonchev–Trinajstić information content (AvgIpc) is 2.93. The number of halogens is 1. The molecule has 1 aliphatic heterocycles. The largest absolute Gasteiger partial charge is 0.444 e. The standard InChI is InChI=1S/C18H26ClN3O3/c1-18(2,3)25-17(24)20-10-16(23)21-15-8-9-22(12-15)11-13-4-6-14(19)7-5-13/h4-7,15H,8-12H2,1-3H3,(H,20,24)(H,21,23). The van der Waals surface area contributed by atoms with Crippen LogP contribution in [0, 0.1) is 0 Å². The summed E-state index contributed by atoms with van der Waals surface area (Å²) < 4.78 is 5.10. The van der Waals surface area contributed by atoms with Gasteiger partial charge in [0.2, 0.25) is 5.91 Å². The van der Waals surface area contributed by atoms with Crippen molar-refractivity contribution in [1.29, 1.82) is 0 Å². The van der Waals surface area contributed by atoms with E-state index in [4.69, 9.17) is 16.3 Å². The minimum atomic E-state index is -0.585. The monoisotopic (exact) mass is 367 g/mol. The van der Waals surface area contributed by atoms with Crippen LogP contribution in [0.1, 0.15) is 32.8 Å². The molecule has 0 aliphatic carbocycles. The molecule has 1 aromatic rings. The number of hydrogen-bond acceptors (Lipinski definition) is 4. The van der Waals surface area contributed by atoms with Crippen LogP contribution in [-0.2, 0) is 16.1 Å². The lowest BCUT2D eigenvalue weighted by atomic mass is 10.2. The number of amides is 2. The molecule has 0 aromatic heterocycles. The van der Waals surface area contributed by atoms with Crippen molar-refractivity contribution >= 4 is 23.6 Å². The predicted octanol–water partition coefficient (Wildman–Crippen LogP) is 2.56. The van der Waals surface area contributed by atoms with Crippen LogP contribution in [0.5, 0.6) is 0 Å². The van der Waals surface area contributed by atoms with Crippen LogP contribution in [0.25, 0.3) is 0 Å². The molecule has 7 heteroatoms. The van der Waals surface area contributed by atoms with Crippen LogP contribution >= 0.6 is 11.6 Å². The van der Waals surface area contributed by atoms with E-state index in [-0.39, 0.29) is 18.5 Å². The Morgan fingerprint density at radius 2 is 1.96 bits per heavy atom. The topological polar surface area (TPSA) is 70.7 Å². The number of nitrogens with zero attached hydrogens (tertiary/aromatic N) is 1. The van der Waals surface area contributed by atoms with E-state index in [2.05, 4.69) is 15.5 Å². The van der Waals surface area contributed by atoms with Crippen molar-refractivity contribution in [3.63, 3.8) is 0 Å². The number of carbonyl (C=O) groups is 2. The molecule has 2 amide bonds. The molecule has 2 N–H and O–H groups in total. The van der Waals surface area contributed by atoms with Crippen molar-refractivity contribution in [3.05, 3.63) is 34.9 Å². The summed E-state index contributed by atoms with van der Waals surface area (Å²) in [5.74, 6) is -0.204. The maximum Gasteiger partial charge on any atom is 0.408 e. The van der Waals surface area contributed by atoms with Crippen LogP contribution in [0.15, 0.2) is 24.3 Å². The second-order valence-electron chi connectivity index (χ2n) is 7.27. The number of alkyl carbamates (subject to hydrolysis) is 1. The molecular weight excluding hydrogens is 342 g/mol. The number of benzene rings is 1. The van der Waals surface area contributed by atoms with Crippen molar-refractivity contribution in [2.75, 3.05) is 19.6 Å².